The lowest BCUT2D eigenvalue weighted by Gasteiger charge is -2.18. The van der Waals surface area contributed by atoms with Crippen molar-refractivity contribution in [2.75, 3.05) is 6.61 Å². The van der Waals surface area contributed by atoms with Crippen molar-refractivity contribution >= 4 is 0 Å². The van der Waals surface area contributed by atoms with Crippen LogP contribution in [0.1, 0.15) is 22.7 Å². The quantitative estimate of drug-likeness (QED) is 0.926. The van der Waals surface area contributed by atoms with Crippen LogP contribution in [-0.2, 0) is 0 Å². The highest BCUT2D eigenvalue weighted by atomic mass is 19.4. The van der Waals surface area contributed by atoms with Crippen molar-refractivity contribution < 1.29 is 17.9 Å². The lowest BCUT2D eigenvalue weighted by molar-refractivity contribution is -0.153. The molecule has 1 unspecified atom stereocenters. The van der Waals surface area contributed by atoms with Gasteiger partial charge in [0.15, 0.2) is 6.61 Å². The second kappa shape index (κ2) is 6.18. The van der Waals surface area contributed by atoms with Crippen molar-refractivity contribution in [2.45, 2.75) is 19.1 Å². The molecule has 0 heterocycles. The van der Waals surface area contributed by atoms with Crippen LogP contribution in [0.3, 0.4) is 0 Å². The molecule has 2 aromatic rings. The van der Waals surface area contributed by atoms with Crippen LogP contribution >= 0.6 is 0 Å². The van der Waals surface area contributed by atoms with E-state index in [0.717, 1.165) is 11.1 Å². The maximum Gasteiger partial charge on any atom is 0.422 e. The van der Waals surface area contributed by atoms with E-state index in [1.165, 1.54) is 0 Å². The largest absolute Gasteiger partial charge is 0.484 e. The fraction of sp³-hybridized carbons (Fsp3) is 0.250. The number of hydrogen-bond acceptors (Lipinski definition) is 2. The zero-order valence-electron chi connectivity index (χ0n) is 11.5. The molecule has 2 aromatic carbocycles. The van der Waals surface area contributed by atoms with Crippen LogP contribution in [0.4, 0.5) is 13.2 Å². The number of ether oxygens (including phenoxy) is 1. The molecule has 2 nitrogen and oxygen atoms in total. The molecule has 0 saturated heterocycles. The molecule has 2 rings (SSSR count). The highest BCUT2D eigenvalue weighted by Gasteiger charge is 2.29. The molecule has 112 valence electrons. The number of halogens is 3. The van der Waals surface area contributed by atoms with Gasteiger partial charge in [-0.15, -0.1) is 0 Å². The topological polar surface area (TPSA) is 35.2 Å². The first kappa shape index (κ1) is 15.4. The predicted molar refractivity (Wildman–Crippen MR) is 75.2 cm³/mol. The van der Waals surface area contributed by atoms with Crippen molar-refractivity contribution in [3.8, 4) is 5.75 Å². The van der Waals surface area contributed by atoms with Gasteiger partial charge in [0, 0.05) is 5.56 Å². The number of alkyl halides is 3. The Morgan fingerprint density at radius 2 is 1.76 bits per heavy atom. The van der Waals surface area contributed by atoms with Crippen LogP contribution in [0.15, 0.2) is 48.5 Å². The van der Waals surface area contributed by atoms with Crippen LogP contribution in [0.5, 0.6) is 5.75 Å². The number of aryl methyl sites for hydroxylation is 1. The molecule has 21 heavy (non-hydrogen) atoms. The van der Waals surface area contributed by atoms with Gasteiger partial charge in [0.05, 0.1) is 6.04 Å². The van der Waals surface area contributed by atoms with Crippen LogP contribution < -0.4 is 10.5 Å². The standard InChI is InChI=1S/C16H16F3NO/c1-11-7-8-13(14(9-11)21-10-16(17,18)19)15(20)12-5-3-2-4-6-12/h2-9,15H,10,20H2,1H3. The zero-order chi connectivity index (χ0) is 15.5. The average molecular weight is 295 g/mol. The van der Waals surface area contributed by atoms with Crippen LogP contribution in [0, 0.1) is 6.92 Å². The van der Waals surface area contributed by atoms with Gasteiger partial charge in [0.25, 0.3) is 0 Å². The van der Waals surface area contributed by atoms with Gasteiger partial charge in [0.1, 0.15) is 5.75 Å². The third kappa shape index (κ3) is 4.23. The molecule has 0 aliphatic rings. The molecule has 2 N–H and O–H groups in total. The van der Waals surface area contributed by atoms with Gasteiger partial charge in [-0.3, -0.25) is 0 Å². The summed E-state index contributed by atoms with van der Waals surface area (Å²) in [5.41, 5.74) is 8.32. The Morgan fingerprint density at radius 1 is 1.10 bits per heavy atom. The van der Waals surface area contributed by atoms with Crippen molar-refractivity contribution in [1.82, 2.24) is 0 Å². The van der Waals surface area contributed by atoms with Crippen molar-refractivity contribution in [3.63, 3.8) is 0 Å². The van der Waals surface area contributed by atoms with Crippen molar-refractivity contribution in [2.24, 2.45) is 5.73 Å². The van der Waals surface area contributed by atoms with E-state index in [-0.39, 0.29) is 5.75 Å². The minimum atomic E-state index is -4.38. The van der Waals surface area contributed by atoms with E-state index in [9.17, 15) is 13.2 Å². The van der Waals surface area contributed by atoms with Gasteiger partial charge in [-0.2, -0.15) is 13.2 Å². The van der Waals surface area contributed by atoms with E-state index in [0.29, 0.717) is 5.56 Å². The van der Waals surface area contributed by atoms with Gasteiger partial charge in [-0.05, 0) is 24.1 Å². The van der Waals surface area contributed by atoms with E-state index in [1.807, 2.05) is 30.3 Å². The molecule has 0 bridgehead atoms. The first-order chi connectivity index (χ1) is 9.87. The summed E-state index contributed by atoms with van der Waals surface area (Å²) in [6.45, 7) is 0.462. The first-order valence-corrected chi connectivity index (χ1v) is 6.47. The zero-order valence-corrected chi connectivity index (χ0v) is 11.5. The molecule has 0 aromatic heterocycles. The molecular weight excluding hydrogens is 279 g/mol. The van der Waals surface area contributed by atoms with E-state index >= 15 is 0 Å². The Bertz CT molecular complexity index is 596. The Balaban J connectivity index is 2.30. The third-order valence-electron chi connectivity index (χ3n) is 3.05. The summed E-state index contributed by atoms with van der Waals surface area (Å²) in [5, 5.41) is 0. The Labute approximate surface area is 121 Å². The van der Waals surface area contributed by atoms with Crippen LogP contribution in [-0.4, -0.2) is 12.8 Å². The second-order valence-corrected chi connectivity index (χ2v) is 4.83. The minimum absolute atomic E-state index is 0.170. The summed E-state index contributed by atoms with van der Waals surface area (Å²) in [5.74, 6) is 0.170. The smallest absolute Gasteiger partial charge is 0.422 e. The molecule has 0 aliphatic heterocycles. The van der Waals surface area contributed by atoms with E-state index in [1.54, 1.807) is 25.1 Å². The van der Waals surface area contributed by atoms with Gasteiger partial charge < -0.3 is 10.5 Å². The van der Waals surface area contributed by atoms with Gasteiger partial charge in [-0.1, -0.05) is 42.5 Å². The summed E-state index contributed by atoms with van der Waals surface area (Å²) in [7, 11) is 0. The van der Waals surface area contributed by atoms with Crippen molar-refractivity contribution in [3.05, 3.63) is 65.2 Å². The van der Waals surface area contributed by atoms with Gasteiger partial charge >= 0.3 is 6.18 Å². The Morgan fingerprint density at radius 3 is 2.38 bits per heavy atom. The normalized spacial score (nSPS) is 13.0. The molecule has 1 atom stereocenters. The summed E-state index contributed by atoms with van der Waals surface area (Å²) in [4.78, 5) is 0. The molecule has 5 heteroatoms. The second-order valence-electron chi connectivity index (χ2n) is 4.83. The average Bonchev–Trinajstić information content (AvgIpc) is 2.45. The number of nitrogens with two attached hydrogens (primary N) is 1. The van der Waals surface area contributed by atoms with E-state index in [4.69, 9.17) is 10.5 Å². The fourth-order valence-electron chi connectivity index (χ4n) is 2.02. The van der Waals surface area contributed by atoms with Gasteiger partial charge in [-0.25, -0.2) is 0 Å². The van der Waals surface area contributed by atoms with Crippen LogP contribution in [0.25, 0.3) is 0 Å². The third-order valence-corrected chi connectivity index (χ3v) is 3.05. The summed E-state index contributed by atoms with van der Waals surface area (Å²) in [6.07, 6.45) is -4.38. The SMILES string of the molecule is Cc1ccc(C(N)c2ccccc2)c(OCC(F)(F)F)c1. The van der Waals surface area contributed by atoms with Crippen LogP contribution in [0.2, 0.25) is 0 Å². The predicted octanol–water partition coefficient (Wildman–Crippen LogP) is 3.98. The molecule has 0 saturated carbocycles. The highest BCUT2D eigenvalue weighted by molar-refractivity contribution is 5.43. The Hall–Kier alpha value is -2.01. The lowest BCUT2D eigenvalue weighted by Crippen LogP contribution is -2.21. The maximum absolute atomic E-state index is 12.3. The van der Waals surface area contributed by atoms with E-state index < -0.39 is 18.8 Å². The molecule has 0 aliphatic carbocycles. The Kier molecular flexibility index (Phi) is 4.53. The minimum Gasteiger partial charge on any atom is -0.484 e. The number of rotatable bonds is 4. The number of hydrogen-bond donors (Lipinski definition) is 1. The first-order valence-electron chi connectivity index (χ1n) is 6.47. The maximum atomic E-state index is 12.3. The molecular formula is C16H16F3NO. The van der Waals surface area contributed by atoms with Crippen molar-refractivity contribution in [1.29, 1.82) is 0 Å². The molecule has 0 fully saturated rings. The van der Waals surface area contributed by atoms with Gasteiger partial charge in [0.2, 0.25) is 0 Å². The number of benzene rings is 2. The fourth-order valence-corrected chi connectivity index (χ4v) is 2.02. The summed E-state index contributed by atoms with van der Waals surface area (Å²) < 4.78 is 41.9. The summed E-state index contributed by atoms with van der Waals surface area (Å²) >= 11 is 0. The highest BCUT2D eigenvalue weighted by Crippen LogP contribution is 2.30. The molecule has 0 radical (unpaired) electrons. The van der Waals surface area contributed by atoms with E-state index in [2.05, 4.69) is 0 Å². The summed E-state index contributed by atoms with van der Waals surface area (Å²) in [6, 6.07) is 13.7. The monoisotopic (exact) mass is 295 g/mol. The molecule has 0 amide bonds. The lowest BCUT2D eigenvalue weighted by atomic mass is 9.98. The molecule has 0 spiro atoms.